The van der Waals surface area contributed by atoms with E-state index in [4.69, 9.17) is 0 Å². The second-order valence-corrected chi connectivity index (χ2v) is 8.16. The Balaban J connectivity index is 1.55. The van der Waals surface area contributed by atoms with Crippen LogP contribution >= 0.6 is 0 Å². The van der Waals surface area contributed by atoms with Crippen molar-refractivity contribution in [3.63, 3.8) is 0 Å². The van der Waals surface area contributed by atoms with Gasteiger partial charge >= 0.3 is 0 Å². The molecule has 0 spiro atoms. The van der Waals surface area contributed by atoms with E-state index in [0.717, 1.165) is 13.1 Å². The van der Waals surface area contributed by atoms with Gasteiger partial charge in [0.1, 0.15) is 0 Å². The molecule has 0 atom stereocenters. The van der Waals surface area contributed by atoms with E-state index in [9.17, 15) is 0 Å². The number of hydrogen-bond acceptors (Lipinski definition) is 1. The monoisotopic (exact) mass is 403 g/mol. The zero-order chi connectivity index (χ0) is 21.5. The van der Waals surface area contributed by atoms with Gasteiger partial charge in [0.2, 0.25) is 0 Å². The van der Waals surface area contributed by atoms with Crippen LogP contribution in [0.5, 0.6) is 0 Å². The standard InChI is InChI=1S/C30H29N/c1-24-8-12-28(13-9-24)22-31(23-29-14-10-25(2)11-15-29)30-20-18-27(19-21-30)17-16-26-6-4-3-5-7-26/h3-21H,22-23H2,1-2H3/b17-16+. The first-order valence-corrected chi connectivity index (χ1v) is 10.8. The minimum atomic E-state index is 0.882. The van der Waals surface area contributed by atoms with Crippen LogP contribution in [0.2, 0.25) is 0 Å². The number of anilines is 1. The maximum atomic E-state index is 2.44. The molecular formula is C30H29N. The van der Waals surface area contributed by atoms with Gasteiger partial charge in [-0.1, -0.05) is 114 Å². The Morgan fingerprint density at radius 1 is 0.516 bits per heavy atom. The van der Waals surface area contributed by atoms with Crippen molar-refractivity contribution in [3.05, 3.63) is 137 Å². The highest BCUT2D eigenvalue weighted by Crippen LogP contribution is 2.22. The lowest BCUT2D eigenvalue weighted by Gasteiger charge is -2.25. The molecule has 0 aliphatic carbocycles. The largest absolute Gasteiger partial charge is 0.363 e. The fraction of sp³-hybridized carbons (Fsp3) is 0.133. The average Bonchev–Trinajstić information content (AvgIpc) is 2.81. The second kappa shape index (κ2) is 9.95. The molecule has 0 fully saturated rings. The highest BCUT2D eigenvalue weighted by atomic mass is 15.1. The Morgan fingerprint density at radius 2 is 0.968 bits per heavy atom. The van der Waals surface area contributed by atoms with Crippen LogP contribution in [0.25, 0.3) is 12.2 Å². The summed E-state index contributed by atoms with van der Waals surface area (Å²) in [4.78, 5) is 2.44. The van der Waals surface area contributed by atoms with Crippen LogP contribution in [-0.4, -0.2) is 0 Å². The molecule has 0 heterocycles. The summed E-state index contributed by atoms with van der Waals surface area (Å²) in [5.74, 6) is 0. The SMILES string of the molecule is Cc1ccc(CN(Cc2ccc(C)cc2)c2ccc(/C=C/c3ccccc3)cc2)cc1. The van der Waals surface area contributed by atoms with Gasteiger partial charge in [0, 0.05) is 18.8 Å². The molecule has 1 heteroatoms. The smallest absolute Gasteiger partial charge is 0.0433 e. The average molecular weight is 404 g/mol. The highest BCUT2D eigenvalue weighted by Gasteiger charge is 2.09. The Hall–Kier alpha value is -3.58. The molecule has 0 N–H and O–H groups in total. The summed E-state index contributed by atoms with van der Waals surface area (Å²) in [7, 11) is 0. The topological polar surface area (TPSA) is 3.24 Å². The van der Waals surface area contributed by atoms with Crippen LogP contribution in [0.15, 0.2) is 103 Å². The number of benzene rings is 4. The molecule has 0 aromatic heterocycles. The van der Waals surface area contributed by atoms with Crippen molar-refractivity contribution in [3.8, 4) is 0 Å². The van der Waals surface area contributed by atoms with Crippen LogP contribution in [0.4, 0.5) is 5.69 Å². The van der Waals surface area contributed by atoms with Gasteiger partial charge in [0.25, 0.3) is 0 Å². The van der Waals surface area contributed by atoms with E-state index in [1.54, 1.807) is 0 Å². The molecule has 0 bridgehead atoms. The van der Waals surface area contributed by atoms with E-state index < -0.39 is 0 Å². The normalized spacial score (nSPS) is 11.0. The Kier molecular flexibility index (Phi) is 6.64. The molecule has 0 aliphatic rings. The summed E-state index contributed by atoms with van der Waals surface area (Å²) in [5.41, 5.74) is 8.89. The van der Waals surface area contributed by atoms with Gasteiger partial charge in [-0.3, -0.25) is 0 Å². The molecule has 0 unspecified atom stereocenters. The fourth-order valence-electron chi connectivity index (χ4n) is 3.62. The van der Waals surface area contributed by atoms with Crippen molar-refractivity contribution < 1.29 is 0 Å². The number of rotatable bonds is 7. The number of nitrogens with zero attached hydrogens (tertiary/aromatic N) is 1. The van der Waals surface area contributed by atoms with Crippen molar-refractivity contribution in [1.29, 1.82) is 0 Å². The van der Waals surface area contributed by atoms with Crippen LogP contribution < -0.4 is 4.90 Å². The molecule has 4 aromatic rings. The lowest BCUT2D eigenvalue weighted by atomic mass is 10.1. The zero-order valence-corrected chi connectivity index (χ0v) is 18.3. The predicted octanol–water partition coefficient (Wildman–Crippen LogP) is 7.68. The first-order valence-electron chi connectivity index (χ1n) is 10.8. The maximum Gasteiger partial charge on any atom is 0.0433 e. The van der Waals surface area contributed by atoms with E-state index in [0.29, 0.717) is 0 Å². The fourth-order valence-corrected chi connectivity index (χ4v) is 3.62. The Labute approximate surface area is 186 Å². The van der Waals surface area contributed by atoms with Gasteiger partial charge in [-0.2, -0.15) is 0 Å². The Morgan fingerprint density at radius 3 is 1.45 bits per heavy atom. The number of aryl methyl sites for hydroxylation is 2. The summed E-state index contributed by atoms with van der Waals surface area (Å²) < 4.78 is 0. The minimum absolute atomic E-state index is 0.882. The van der Waals surface area contributed by atoms with E-state index >= 15 is 0 Å². The lowest BCUT2D eigenvalue weighted by molar-refractivity contribution is 0.799. The van der Waals surface area contributed by atoms with Crippen molar-refractivity contribution in [2.24, 2.45) is 0 Å². The van der Waals surface area contributed by atoms with E-state index in [1.165, 1.54) is 39.1 Å². The van der Waals surface area contributed by atoms with Gasteiger partial charge in [-0.25, -0.2) is 0 Å². The zero-order valence-electron chi connectivity index (χ0n) is 18.3. The molecule has 4 rings (SSSR count). The molecule has 31 heavy (non-hydrogen) atoms. The van der Waals surface area contributed by atoms with Gasteiger partial charge in [0.15, 0.2) is 0 Å². The van der Waals surface area contributed by atoms with Gasteiger partial charge in [0.05, 0.1) is 0 Å². The predicted molar refractivity (Wildman–Crippen MR) is 134 cm³/mol. The van der Waals surface area contributed by atoms with Crippen LogP contribution in [-0.2, 0) is 13.1 Å². The van der Waals surface area contributed by atoms with Crippen molar-refractivity contribution in [2.75, 3.05) is 4.90 Å². The summed E-state index contributed by atoms with van der Waals surface area (Å²) in [5, 5.41) is 0. The summed E-state index contributed by atoms with van der Waals surface area (Å²) >= 11 is 0. The third kappa shape index (κ3) is 5.96. The van der Waals surface area contributed by atoms with E-state index in [1.807, 2.05) is 6.07 Å². The highest BCUT2D eigenvalue weighted by molar-refractivity contribution is 5.70. The Bertz CT molecular complexity index is 1060. The number of hydrogen-bond donors (Lipinski definition) is 0. The second-order valence-electron chi connectivity index (χ2n) is 8.16. The first kappa shape index (κ1) is 20.7. The third-order valence-corrected chi connectivity index (χ3v) is 5.51. The first-order chi connectivity index (χ1) is 15.2. The van der Waals surface area contributed by atoms with Crippen LogP contribution in [0, 0.1) is 13.8 Å². The van der Waals surface area contributed by atoms with E-state index in [-0.39, 0.29) is 0 Å². The van der Waals surface area contributed by atoms with Gasteiger partial charge in [-0.15, -0.1) is 0 Å². The molecule has 154 valence electrons. The van der Waals surface area contributed by atoms with Gasteiger partial charge in [-0.05, 0) is 48.2 Å². The summed E-state index contributed by atoms with van der Waals surface area (Å²) in [6.07, 6.45) is 4.33. The van der Waals surface area contributed by atoms with Crippen LogP contribution in [0.3, 0.4) is 0 Å². The summed E-state index contributed by atoms with van der Waals surface area (Å²) in [6.45, 7) is 6.03. The van der Waals surface area contributed by atoms with Crippen LogP contribution in [0.1, 0.15) is 33.4 Å². The molecule has 0 saturated carbocycles. The molecular weight excluding hydrogens is 374 g/mol. The molecule has 0 amide bonds. The van der Waals surface area contributed by atoms with E-state index in [2.05, 4.69) is 128 Å². The molecule has 1 nitrogen and oxygen atoms in total. The lowest BCUT2D eigenvalue weighted by Crippen LogP contribution is -2.22. The molecule has 0 saturated heterocycles. The summed E-state index contributed by atoms with van der Waals surface area (Å²) in [6, 6.07) is 37.0. The minimum Gasteiger partial charge on any atom is -0.363 e. The van der Waals surface area contributed by atoms with Crippen molar-refractivity contribution >= 4 is 17.8 Å². The molecule has 4 aromatic carbocycles. The third-order valence-electron chi connectivity index (χ3n) is 5.51. The quantitative estimate of drug-likeness (QED) is 0.286. The van der Waals surface area contributed by atoms with Crippen molar-refractivity contribution in [2.45, 2.75) is 26.9 Å². The van der Waals surface area contributed by atoms with Gasteiger partial charge < -0.3 is 4.90 Å². The van der Waals surface area contributed by atoms with Crippen molar-refractivity contribution in [1.82, 2.24) is 0 Å². The molecule has 0 aliphatic heterocycles. The maximum absolute atomic E-state index is 2.44. The molecule has 0 radical (unpaired) electrons.